The summed E-state index contributed by atoms with van der Waals surface area (Å²) in [5.41, 5.74) is 0.763. The Morgan fingerprint density at radius 3 is 2.42 bits per heavy atom. The number of tetrazole rings is 1. The molecule has 24 heavy (non-hydrogen) atoms. The second kappa shape index (κ2) is 6.23. The highest BCUT2D eigenvalue weighted by atomic mass is 32.2. The predicted molar refractivity (Wildman–Crippen MR) is 79.4 cm³/mol. The lowest BCUT2D eigenvalue weighted by Gasteiger charge is -2.11. The maximum atomic E-state index is 12.8. The Morgan fingerprint density at radius 1 is 1.08 bits per heavy atom. The van der Waals surface area contributed by atoms with E-state index in [9.17, 15) is 13.2 Å². The third kappa shape index (κ3) is 3.11. The fourth-order valence-corrected chi connectivity index (χ4v) is 2.98. The van der Waals surface area contributed by atoms with Crippen LogP contribution in [-0.4, -0.2) is 35.0 Å². The van der Waals surface area contributed by atoms with Crippen molar-refractivity contribution in [1.29, 1.82) is 0 Å². The Balaban J connectivity index is 1.86. The van der Waals surface area contributed by atoms with Crippen LogP contribution in [0.2, 0.25) is 0 Å². The smallest absolute Gasteiger partial charge is 0.302 e. The summed E-state index contributed by atoms with van der Waals surface area (Å²) in [6, 6.07) is 9.22. The van der Waals surface area contributed by atoms with Crippen molar-refractivity contribution in [2.24, 2.45) is 7.05 Å². The number of benzene rings is 1. The van der Waals surface area contributed by atoms with E-state index in [1.54, 1.807) is 11.6 Å². The number of para-hydroxylation sites is 1. The first-order chi connectivity index (χ1) is 11.4. The van der Waals surface area contributed by atoms with Crippen LogP contribution in [0.5, 0.6) is 0 Å². The summed E-state index contributed by atoms with van der Waals surface area (Å²) in [5, 5.41) is 18.2. The van der Waals surface area contributed by atoms with E-state index in [1.165, 1.54) is 7.05 Å². The Morgan fingerprint density at radius 2 is 1.79 bits per heavy atom. The molecule has 0 aliphatic rings. The molecule has 7 nitrogen and oxygen atoms in total. The largest absolute Gasteiger partial charge is 0.451 e. The van der Waals surface area contributed by atoms with Gasteiger partial charge in [-0.3, -0.25) is 0 Å². The molecule has 0 amide bonds. The predicted octanol–water partition coefficient (Wildman–Crippen LogP) is 2.66. The fourth-order valence-electron chi connectivity index (χ4n) is 2.08. The van der Waals surface area contributed by atoms with E-state index in [0.29, 0.717) is 5.82 Å². The summed E-state index contributed by atoms with van der Waals surface area (Å²) >= 11 is 1.10. The van der Waals surface area contributed by atoms with Crippen LogP contribution in [0.25, 0.3) is 5.69 Å². The summed E-state index contributed by atoms with van der Waals surface area (Å²) in [5.74, 6) is -0.539. The average molecular weight is 355 g/mol. The molecule has 0 spiro atoms. The summed E-state index contributed by atoms with van der Waals surface area (Å²) in [4.78, 5) is 0. The maximum Gasteiger partial charge on any atom is 0.451 e. The SMILES string of the molecule is CC(Sc1nnc(C(F)(F)F)n1C)c1nnnn1-c1ccccc1. The lowest BCUT2D eigenvalue weighted by atomic mass is 10.3. The second-order valence-corrected chi connectivity index (χ2v) is 6.22. The Hall–Kier alpha value is -2.43. The van der Waals surface area contributed by atoms with E-state index in [4.69, 9.17) is 0 Å². The van der Waals surface area contributed by atoms with Crippen molar-refractivity contribution < 1.29 is 13.2 Å². The molecule has 2 heterocycles. The number of hydrogen-bond acceptors (Lipinski definition) is 6. The Bertz CT molecular complexity index is 828. The average Bonchev–Trinajstić information content (AvgIpc) is 3.15. The second-order valence-electron chi connectivity index (χ2n) is 4.91. The van der Waals surface area contributed by atoms with Crippen LogP contribution >= 0.6 is 11.8 Å². The van der Waals surface area contributed by atoms with Gasteiger partial charge in [0.1, 0.15) is 0 Å². The van der Waals surface area contributed by atoms with Gasteiger partial charge >= 0.3 is 6.18 Å². The van der Waals surface area contributed by atoms with E-state index in [1.807, 2.05) is 30.3 Å². The molecular formula is C13H12F3N7S. The van der Waals surface area contributed by atoms with E-state index in [2.05, 4.69) is 25.7 Å². The molecular weight excluding hydrogens is 343 g/mol. The van der Waals surface area contributed by atoms with E-state index < -0.39 is 12.0 Å². The van der Waals surface area contributed by atoms with E-state index >= 15 is 0 Å². The van der Waals surface area contributed by atoms with E-state index in [0.717, 1.165) is 22.0 Å². The number of hydrogen-bond donors (Lipinski definition) is 0. The highest BCUT2D eigenvalue weighted by Gasteiger charge is 2.37. The third-order valence-corrected chi connectivity index (χ3v) is 4.36. The van der Waals surface area contributed by atoms with Crippen molar-refractivity contribution in [2.75, 3.05) is 0 Å². The first kappa shape index (κ1) is 16.4. The van der Waals surface area contributed by atoms with Gasteiger partial charge in [0.25, 0.3) is 0 Å². The zero-order valence-electron chi connectivity index (χ0n) is 12.6. The van der Waals surface area contributed by atoms with Gasteiger partial charge in [-0.1, -0.05) is 30.0 Å². The third-order valence-electron chi connectivity index (χ3n) is 3.23. The topological polar surface area (TPSA) is 74.3 Å². The zero-order chi connectivity index (χ0) is 17.3. The molecule has 3 rings (SSSR count). The standard InChI is InChI=1S/C13H12F3N7S/c1-8(24-12-19-18-11(22(12)2)13(14,15)16)10-17-20-21-23(10)9-6-4-3-5-7-9/h3-8H,1-2H3. The van der Waals surface area contributed by atoms with Gasteiger partial charge in [0.15, 0.2) is 11.0 Å². The fraction of sp³-hybridized carbons (Fsp3) is 0.308. The van der Waals surface area contributed by atoms with Crippen LogP contribution in [-0.2, 0) is 13.2 Å². The molecule has 1 aromatic carbocycles. The van der Waals surface area contributed by atoms with Gasteiger partial charge in [-0.05, 0) is 29.5 Å². The van der Waals surface area contributed by atoms with Crippen molar-refractivity contribution in [1.82, 2.24) is 35.0 Å². The number of thioether (sulfide) groups is 1. The number of alkyl halides is 3. The Kier molecular flexibility index (Phi) is 4.26. The molecule has 0 aliphatic heterocycles. The van der Waals surface area contributed by atoms with Crippen LogP contribution in [0.1, 0.15) is 23.8 Å². The van der Waals surface area contributed by atoms with Gasteiger partial charge in [0, 0.05) is 7.05 Å². The maximum absolute atomic E-state index is 12.8. The van der Waals surface area contributed by atoms with Crippen LogP contribution in [0.4, 0.5) is 13.2 Å². The van der Waals surface area contributed by atoms with Gasteiger partial charge in [-0.2, -0.15) is 17.9 Å². The summed E-state index contributed by atoms with van der Waals surface area (Å²) < 4.78 is 40.8. The van der Waals surface area contributed by atoms with Crippen molar-refractivity contribution in [3.8, 4) is 5.69 Å². The van der Waals surface area contributed by atoms with Crippen molar-refractivity contribution in [2.45, 2.75) is 23.5 Å². The monoisotopic (exact) mass is 355 g/mol. The highest BCUT2D eigenvalue weighted by molar-refractivity contribution is 7.99. The Labute approximate surface area is 138 Å². The van der Waals surface area contributed by atoms with Crippen molar-refractivity contribution in [3.63, 3.8) is 0 Å². The first-order valence-corrected chi connectivity index (χ1v) is 7.73. The molecule has 1 unspecified atom stereocenters. The van der Waals surface area contributed by atoms with Crippen LogP contribution in [0, 0.1) is 0 Å². The summed E-state index contributed by atoms with van der Waals surface area (Å²) in [7, 11) is 1.28. The lowest BCUT2D eigenvalue weighted by molar-refractivity contribution is -0.147. The van der Waals surface area contributed by atoms with Crippen molar-refractivity contribution >= 4 is 11.8 Å². The molecule has 2 aromatic heterocycles. The molecule has 1 atom stereocenters. The molecule has 0 N–H and O–H groups in total. The molecule has 0 saturated heterocycles. The number of nitrogens with zero attached hydrogens (tertiary/aromatic N) is 7. The van der Waals surface area contributed by atoms with Crippen LogP contribution in [0.3, 0.4) is 0 Å². The molecule has 0 aliphatic carbocycles. The zero-order valence-corrected chi connectivity index (χ0v) is 13.5. The van der Waals surface area contributed by atoms with Crippen molar-refractivity contribution in [3.05, 3.63) is 42.0 Å². The molecule has 0 saturated carbocycles. The molecule has 11 heteroatoms. The van der Waals surface area contributed by atoms with Gasteiger partial charge in [0.05, 0.1) is 10.9 Å². The van der Waals surface area contributed by atoms with Gasteiger partial charge in [-0.25, -0.2) is 0 Å². The summed E-state index contributed by atoms with van der Waals surface area (Å²) in [6.07, 6.45) is -4.55. The molecule has 0 radical (unpaired) electrons. The van der Waals surface area contributed by atoms with Gasteiger partial charge in [0.2, 0.25) is 5.82 Å². The first-order valence-electron chi connectivity index (χ1n) is 6.85. The summed E-state index contributed by atoms with van der Waals surface area (Å²) in [6.45, 7) is 1.79. The quantitative estimate of drug-likeness (QED) is 0.670. The minimum absolute atomic E-state index is 0.137. The van der Waals surface area contributed by atoms with Crippen LogP contribution < -0.4 is 0 Å². The normalized spacial score (nSPS) is 13.2. The van der Waals surface area contributed by atoms with Gasteiger partial charge < -0.3 is 4.57 Å². The molecule has 0 fully saturated rings. The van der Waals surface area contributed by atoms with Gasteiger partial charge in [-0.15, -0.1) is 15.3 Å². The number of halogens is 3. The lowest BCUT2D eigenvalue weighted by Crippen LogP contribution is -2.13. The van der Waals surface area contributed by atoms with Crippen LogP contribution in [0.15, 0.2) is 35.5 Å². The molecule has 3 aromatic rings. The highest BCUT2D eigenvalue weighted by Crippen LogP contribution is 2.35. The minimum atomic E-state index is -4.55. The molecule has 126 valence electrons. The minimum Gasteiger partial charge on any atom is -0.302 e. The number of rotatable bonds is 4. The number of aromatic nitrogens is 7. The molecule has 0 bridgehead atoms. The van der Waals surface area contributed by atoms with E-state index in [-0.39, 0.29) is 10.4 Å².